The summed E-state index contributed by atoms with van der Waals surface area (Å²) >= 11 is 0. The first-order chi connectivity index (χ1) is 9.05. The number of rotatable bonds is 8. The van der Waals surface area contributed by atoms with Crippen LogP contribution in [0, 0.1) is 5.41 Å². The summed E-state index contributed by atoms with van der Waals surface area (Å²) in [6.45, 7) is 1.14. The zero-order chi connectivity index (χ0) is 13.8. The molecule has 2 rings (SSSR count). The fourth-order valence-corrected chi connectivity index (χ4v) is 3.27. The predicted molar refractivity (Wildman–Crippen MR) is 75.1 cm³/mol. The van der Waals surface area contributed by atoms with E-state index in [0.29, 0.717) is 19.5 Å². The van der Waals surface area contributed by atoms with Crippen LogP contribution in [0.5, 0.6) is 0 Å². The lowest BCUT2D eigenvalue weighted by Crippen LogP contribution is -2.33. The van der Waals surface area contributed by atoms with Crippen LogP contribution in [-0.2, 0) is 16.4 Å². The number of aromatic nitrogens is 1. The maximum atomic E-state index is 11.9. The lowest BCUT2D eigenvalue weighted by atomic mass is 10.0. The van der Waals surface area contributed by atoms with E-state index < -0.39 is 10.0 Å². The highest BCUT2D eigenvalue weighted by Crippen LogP contribution is 2.47. The van der Waals surface area contributed by atoms with Crippen LogP contribution in [0.1, 0.15) is 25.0 Å². The first kappa shape index (κ1) is 14.4. The van der Waals surface area contributed by atoms with Crippen LogP contribution in [0.25, 0.3) is 0 Å². The Kier molecular flexibility index (Phi) is 4.54. The van der Waals surface area contributed by atoms with Gasteiger partial charge in [0.2, 0.25) is 10.0 Å². The van der Waals surface area contributed by atoms with Crippen molar-refractivity contribution in [1.82, 2.24) is 9.71 Å². The number of nitrogens with one attached hydrogen (secondary N) is 1. The number of hydrogen-bond donors (Lipinski definition) is 2. The maximum absolute atomic E-state index is 11.9. The van der Waals surface area contributed by atoms with Crippen LogP contribution < -0.4 is 10.5 Å². The van der Waals surface area contributed by atoms with Crippen molar-refractivity contribution in [2.24, 2.45) is 11.1 Å². The number of nitrogens with two attached hydrogens (primary N) is 1. The van der Waals surface area contributed by atoms with E-state index in [2.05, 4.69) is 9.71 Å². The third-order valence-corrected chi connectivity index (χ3v) is 4.98. The van der Waals surface area contributed by atoms with Gasteiger partial charge in [-0.2, -0.15) is 0 Å². The monoisotopic (exact) mass is 283 g/mol. The SMILES string of the molecule is NCCC1(CNS(=O)(=O)CCc2ccccn2)CC1. The molecular formula is C13H21N3O2S. The van der Waals surface area contributed by atoms with Gasteiger partial charge in [-0.3, -0.25) is 4.98 Å². The molecule has 0 unspecified atom stereocenters. The molecule has 1 saturated carbocycles. The zero-order valence-corrected chi connectivity index (χ0v) is 11.8. The molecule has 0 amide bonds. The van der Waals surface area contributed by atoms with Crippen molar-refractivity contribution in [2.75, 3.05) is 18.8 Å². The Labute approximate surface area is 114 Å². The molecule has 1 heterocycles. The van der Waals surface area contributed by atoms with Crippen LogP contribution in [0.2, 0.25) is 0 Å². The Morgan fingerprint density at radius 1 is 1.37 bits per heavy atom. The Balaban J connectivity index is 1.79. The van der Waals surface area contributed by atoms with E-state index in [1.54, 1.807) is 6.20 Å². The van der Waals surface area contributed by atoms with Gasteiger partial charge in [0, 0.05) is 24.9 Å². The Hall–Kier alpha value is -0.980. The van der Waals surface area contributed by atoms with Gasteiger partial charge in [-0.15, -0.1) is 0 Å². The third-order valence-electron chi connectivity index (χ3n) is 3.65. The topological polar surface area (TPSA) is 85.1 Å². The van der Waals surface area contributed by atoms with Gasteiger partial charge in [-0.1, -0.05) is 6.07 Å². The van der Waals surface area contributed by atoms with Crippen LogP contribution in [0.4, 0.5) is 0 Å². The van der Waals surface area contributed by atoms with E-state index in [4.69, 9.17) is 5.73 Å². The summed E-state index contributed by atoms with van der Waals surface area (Å²) in [4.78, 5) is 4.12. The van der Waals surface area contributed by atoms with Crippen LogP contribution in [-0.4, -0.2) is 32.2 Å². The third kappa shape index (κ3) is 4.56. The van der Waals surface area contributed by atoms with Gasteiger partial charge in [0.1, 0.15) is 0 Å². The first-order valence-corrected chi connectivity index (χ1v) is 8.28. The summed E-state index contributed by atoms with van der Waals surface area (Å²) in [5, 5.41) is 0. The molecule has 6 heteroatoms. The molecular weight excluding hydrogens is 262 g/mol. The largest absolute Gasteiger partial charge is 0.330 e. The second kappa shape index (κ2) is 5.98. The van der Waals surface area contributed by atoms with Gasteiger partial charge >= 0.3 is 0 Å². The standard InChI is InChI=1S/C13H21N3O2S/c14-8-7-13(5-6-13)11-16-19(17,18)10-4-12-3-1-2-9-15-12/h1-3,9,16H,4-8,10-11,14H2. The minimum atomic E-state index is -3.22. The van der Waals surface area contributed by atoms with E-state index in [0.717, 1.165) is 25.0 Å². The predicted octanol–water partition coefficient (Wildman–Crippen LogP) is 0.673. The molecule has 0 aliphatic heterocycles. The molecule has 0 spiro atoms. The molecule has 0 radical (unpaired) electrons. The molecule has 106 valence electrons. The summed E-state index contributed by atoms with van der Waals surface area (Å²) < 4.78 is 26.5. The van der Waals surface area contributed by atoms with Crippen LogP contribution in [0.15, 0.2) is 24.4 Å². The van der Waals surface area contributed by atoms with E-state index in [1.165, 1.54) is 0 Å². The highest BCUT2D eigenvalue weighted by atomic mass is 32.2. The number of pyridine rings is 1. The number of nitrogens with zero attached hydrogens (tertiary/aromatic N) is 1. The van der Waals surface area contributed by atoms with E-state index in [9.17, 15) is 8.42 Å². The van der Waals surface area contributed by atoms with E-state index >= 15 is 0 Å². The normalized spacial score (nSPS) is 17.3. The van der Waals surface area contributed by atoms with Crippen molar-refractivity contribution in [2.45, 2.75) is 25.7 Å². The molecule has 3 N–H and O–H groups in total. The highest BCUT2D eigenvalue weighted by Gasteiger charge is 2.42. The average molecular weight is 283 g/mol. The lowest BCUT2D eigenvalue weighted by Gasteiger charge is -2.14. The average Bonchev–Trinajstić information content (AvgIpc) is 3.17. The second-order valence-electron chi connectivity index (χ2n) is 5.25. The molecule has 1 aliphatic rings. The summed E-state index contributed by atoms with van der Waals surface area (Å²) in [7, 11) is -3.22. The Morgan fingerprint density at radius 3 is 2.74 bits per heavy atom. The molecule has 0 aromatic carbocycles. The second-order valence-corrected chi connectivity index (χ2v) is 7.18. The molecule has 1 fully saturated rings. The molecule has 1 aliphatic carbocycles. The molecule has 1 aromatic heterocycles. The molecule has 0 saturated heterocycles. The minimum absolute atomic E-state index is 0.0860. The van der Waals surface area contributed by atoms with Gasteiger partial charge in [0.05, 0.1) is 5.75 Å². The van der Waals surface area contributed by atoms with Crippen molar-refractivity contribution >= 4 is 10.0 Å². The van der Waals surface area contributed by atoms with Crippen molar-refractivity contribution in [1.29, 1.82) is 0 Å². The zero-order valence-electron chi connectivity index (χ0n) is 11.0. The van der Waals surface area contributed by atoms with E-state index in [-0.39, 0.29) is 11.2 Å². The van der Waals surface area contributed by atoms with Crippen LogP contribution >= 0.6 is 0 Å². The van der Waals surface area contributed by atoms with Gasteiger partial charge in [0.15, 0.2) is 0 Å². The molecule has 19 heavy (non-hydrogen) atoms. The lowest BCUT2D eigenvalue weighted by molar-refractivity contribution is 0.461. The fraction of sp³-hybridized carbons (Fsp3) is 0.615. The smallest absolute Gasteiger partial charge is 0.211 e. The Bertz CT molecular complexity index is 498. The first-order valence-electron chi connectivity index (χ1n) is 6.63. The quantitative estimate of drug-likeness (QED) is 0.734. The minimum Gasteiger partial charge on any atom is -0.330 e. The van der Waals surface area contributed by atoms with Gasteiger partial charge < -0.3 is 5.73 Å². The van der Waals surface area contributed by atoms with Crippen molar-refractivity contribution in [3.05, 3.63) is 30.1 Å². The molecule has 5 nitrogen and oxygen atoms in total. The van der Waals surface area contributed by atoms with Gasteiger partial charge in [-0.05, 0) is 43.4 Å². The van der Waals surface area contributed by atoms with Crippen LogP contribution in [0.3, 0.4) is 0 Å². The number of aryl methyl sites for hydroxylation is 1. The van der Waals surface area contributed by atoms with Crippen molar-refractivity contribution in [3.8, 4) is 0 Å². The summed E-state index contributed by atoms with van der Waals surface area (Å²) in [5.41, 5.74) is 6.48. The number of hydrogen-bond acceptors (Lipinski definition) is 4. The van der Waals surface area contributed by atoms with Crippen molar-refractivity contribution in [3.63, 3.8) is 0 Å². The van der Waals surface area contributed by atoms with Gasteiger partial charge in [-0.25, -0.2) is 13.1 Å². The van der Waals surface area contributed by atoms with Gasteiger partial charge in [0.25, 0.3) is 0 Å². The maximum Gasteiger partial charge on any atom is 0.211 e. The summed E-state index contributed by atoms with van der Waals surface area (Å²) in [5.74, 6) is 0.0860. The highest BCUT2D eigenvalue weighted by molar-refractivity contribution is 7.89. The molecule has 1 aromatic rings. The van der Waals surface area contributed by atoms with E-state index in [1.807, 2.05) is 18.2 Å². The van der Waals surface area contributed by atoms with Crippen molar-refractivity contribution < 1.29 is 8.42 Å². The Morgan fingerprint density at radius 2 is 2.16 bits per heavy atom. The molecule has 0 bridgehead atoms. The fourth-order valence-electron chi connectivity index (χ4n) is 2.12. The summed E-state index contributed by atoms with van der Waals surface area (Å²) in [6, 6.07) is 5.52. The molecule has 0 atom stereocenters. The summed E-state index contributed by atoms with van der Waals surface area (Å²) in [6.07, 6.45) is 5.17. The number of sulfonamides is 1.